The van der Waals surface area contributed by atoms with Crippen molar-refractivity contribution in [2.24, 2.45) is 0 Å². The number of aryl methyl sites for hydroxylation is 1. The van der Waals surface area contributed by atoms with Crippen molar-refractivity contribution in [2.75, 3.05) is 6.61 Å². The van der Waals surface area contributed by atoms with E-state index in [2.05, 4.69) is 37.4 Å². The highest BCUT2D eigenvalue weighted by atomic mass is 16.5. The van der Waals surface area contributed by atoms with Crippen LogP contribution in [0.15, 0.2) is 18.2 Å². The number of benzene rings is 1. The maximum absolute atomic E-state index is 5.92. The standard InChI is InChI=1S/C16H23NO/c1-11(12(2)17-14-8-9-14)15-7-3-5-13-6-4-10-18-16(13)15/h3,5,7,11-12,14,17H,4,6,8-10H2,1-2H3. The van der Waals surface area contributed by atoms with E-state index in [9.17, 15) is 0 Å². The van der Waals surface area contributed by atoms with Crippen molar-refractivity contribution >= 4 is 0 Å². The molecule has 1 aliphatic heterocycles. The van der Waals surface area contributed by atoms with Crippen LogP contribution in [0.1, 0.15) is 50.2 Å². The van der Waals surface area contributed by atoms with Gasteiger partial charge in [-0.15, -0.1) is 0 Å². The highest BCUT2D eigenvalue weighted by Crippen LogP contribution is 2.35. The number of para-hydroxylation sites is 1. The lowest BCUT2D eigenvalue weighted by molar-refractivity contribution is 0.281. The Labute approximate surface area is 110 Å². The maximum Gasteiger partial charge on any atom is 0.125 e. The van der Waals surface area contributed by atoms with Crippen molar-refractivity contribution in [3.8, 4) is 5.75 Å². The largest absolute Gasteiger partial charge is 0.493 e. The lowest BCUT2D eigenvalue weighted by Gasteiger charge is -2.27. The topological polar surface area (TPSA) is 21.3 Å². The zero-order chi connectivity index (χ0) is 12.5. The third-order valence-corrected chi connectivity index (χ3v) is 4.28. The number of rotatable bonds is 4. The molecule has 2 heteroatoms. The van der Waals surface area contributed by atoms with Gasteiger partial charge in [-0.25, -0.2) is 0 Å². The Morgan fingerprint density at radius 1 is 1.28 bits per heavy atom. The molecule has 1 saturated carbocycles. The zero-order valence-electron chi connectivity index (χ0n) is 11.4. The summed E-state index contributed by atoms with van der Waals surface area (Å²) in [6, 6.07) is 7.92. The van der Waals surface area contributed by atoms with Crippen molar-refractivity contribution < 1.29 is 4.74 Å². The Hall–Kier alpha value is -1.02. The number of hydrogen-bond acceptors (Lipinski definition) is 2. The monoisotopic (exact) mass is 245 g/mol. The molecule has 2 atom stereocenters. The van der Waals surface area contributed by atoms with Gasteiger partial charge in [-0.3, -0.25) is 0 Å². The van der Waals surface area contributed by atoms with Crippen LogP contribution in [0.3, 0.4) is 0 Å². The minimum atomic E-state index is 0.513. The van der Waals surface area contributed by atoms with Gasteiger partial charge >= 0.3 is 0 Å². The third-order valence-electron chi connectivity index (χ3n) is 4.28. The van der Waals surface area contributed by atoms with E-state index in [1.165, 1.54) is 36.1 Å². The molecule has 18 heavy (non-hydrogen) atoms. The quantitative estimate of drug-likeness (QED) is 0.879. The Morgan fingerprint density at radius 2 is 2.11 bits per heavy atom. The SMILES string of the molecule is CC(NC1CC1)C(C)c1cccc2c1OCCC2. The molecule has 2 unspecified atom stereocenters. The molecular weight excluding hydrogens is 222 g/mol. The van der Waals surface area contributed by atoms with E-state index in [4.69, 9.17) is 4.74 Å². The summed E-state index contributed by atoms with van der Waals surface area (Å²) in [6.07, 6.45) is 5.02. The number of hydrogen-bond donors (Lipinski definition) is 1. The van der Waals surface area contributed by atoms with Crippen LogP contribution in [0, 0.1) is 0 Å². The summed E-state index contributed by atoms with van der Waals surface area (Å²) in [5.41, 5.74) is 2.78. The van der Waals surface area contributed by atoms with Gasteiger partial charge in [-0.1, -0.05) is 25.1 Å². The minimum absolute atomic E-state index is 0.513. The molecule has 0 amide bonds. The fourth-order valence-electron chi connectivity index (χ4n) is 2.81. The average Bonchev–Trinajstić information content (AvgIpc) is 3.21. The van der Waals surface area contributed by atoms with Crippen LogP contribution in [-0.4, -0.2) is 18.7 Å². The fraction of sp³-hybridized carbons (Fsp3) is 0.625. The van der Waals surface area contributed by atoms with Crippen LogP contribution in [0.4, 0.5) is 0 Å². The molecule has 1 aliphatic carbocycles. The van der Waals surface area contributed by atoms with Gasteiger partial charge in [0.2, 0.25) is 0 Å². The Balaban J connectivity index is 1.81. The van der Waals surface area contributed by atoms with Crippen LogP contribution >= 0.6 is 0 Å². The first-order valence-corrected chi connectivity index (χ1v) is 7.26. The van der Waals surface area contributed by atoms with E-state index in [0.29, 0.717) is 12.0 Å². The molecule has 1 heterocycles. The Morgan fingerprint density at radius 3 is 2.89 bits per heavy atom. The lowest BCUT2D eigenvalue weighted by Crippen LogP contribution is -2.33. The van der Waals surface area contributed by atoms with Gasteiger partial charge in [0, 0.05) is 12.1 Å². The van der Waals surface area contributed by atoms with Gasteiger partial charge < -0.3 is 10.1 Å². The predicted octanol–water partition coefficient (Wildman–Crippen LogP) is 3.26. The first kappa shape index (κ1) is 12.0. The van der Waals surface area contributed by atoms with Crippen molar-refractivity contribution in [3.05, 3.63) is 29.3 Å². The third kappa shape index (κ3) is 2.39. The summed E-state index contributed by atoms with van der Waals surface area (Å²) in [5, 5.41) is 3.70. The highest BCUT2D eigenvalue weighted by Gasteiger charge is 2.27. The van der Waals surface area contributed by atoms with Crippen LogP contribution in [0.2, 0.25) is 0 Å². The lowest BCUT2D eigenvalue weighted by atomic mass is 9.90. The van der Waals surface area contributed by atoms with E-state index in [0.717, 1.165) is 19.1 Å². The van der Waals surface area contributed by atoms with Crippen molar-refractivity contribution in [1.29, 1.82) is 0 Å². The number of ether oxygens (including phenoxy) is 1. The first-order valence-electron chi connectivity index (χ1n) is 7.26. The van der Waals surface area contributed by atoms with Crippen molar-refractivity contribution in [3.63, 3.8) is 0 Å². The number of fused-ring (bicyclic) bond motifs is 1. The Kier molecular flexibility index (Phi) is 3.29. The van der Waals surface area contributed by atoms with Gasteiger partial charge in [0.1, 0.15) is 5.75 Å². The van der Waals surface area contributed by atoms with E-state index in [1.807, 2.05) is 0 Å². The molecule has 2 nitrogen and oxygen atoms in total. The van der Waals surface area contributed by atoms with Gasteiger partial charge in [-0.05, 0) is 49.7 Å². The summed E-state index contributed by atoms with van der Waals surface area (Å²) >= 11 is 0. The first-order chi connectivity index (χ1) is 8.75. The molecule has 0 radical (unpaired) electrons. The normalized spacial score (nSPS) is 21.9. The predicted molar refractivity (Wildman–Crippen MR) is 74.3 cm³/mol. The average molecular weight is 245 g/mol. The van der Waals surface area contributed by atoms with Crippen molar-refractivity contribution in [1.82, 2.24) is 5.32 Å². The molecule has 0 bridgehead atoms. The van der Waals surface area contributed by atoms with Gasteiger partial charge in [0.25, 0.3) is 0 Å². The fourth-order valence-corrected chi connectivity index (χ4v) is 2.81. The maximum atomic E-state index is 5.92. The molecule has 3 rings (SSSR count). The van der Waals surface area contributed by atoms with Crippen LogP contribution in [-0.2, 0) is 6.42 Å². The summed E-state index contributed by atoms with van der Waals surface area (Å²) in [6.45, 7) is 5.49. The summed E-state index contributed by atoms with van der Waals surface area (Å²) in [5.74, 6) is 1.68. The second-order valence-electron chi connectivity index (χ2n) is 5.81. The molecule has 1 fully saturated rings. The molecule has 1 aromatic rings. The van der Waals surface area contributed by atoms with E-state index in [1.54, 1.807) is 0 Å². The summed E-state index contributed by atoms with van der Waals surface area (Å²) in [7, 11) is 0. The number of nitrogens with one attached hydrogen (secondary N) is 1. The smallest absolute Gasteiger partial charge is 0.125 e. The molecule has 1 N–H and O–H groups in total. The van der Waals surface area contributed by atoms with E-state index < -0.39 is 0 Å². The van der Waals surface area contributed by atoms with Crippen LogP contribution < -0.4 is 10.1 Å². The molecule has 0 spiro atoms. The highest BCUT2D eigenvalue weighted by molar-refractivity contribution is 5.45. The molecule has 1 aromatic carbocycles. The molecule has 98 valence electrons. The van der Waals surface area contributed by atoms with Crippen molar-refractivity contribution in [2.45, 2.75) is 57.5 Å². The van der Waals surface area contributed by atoms with E-state index in [-0.39, 0.29) is 0 Å². The second kappa shape index (κ2) is 4.93. The second-order valence-corrected chi connectivity index (χ2v) is 5.81. The van der Waals surface area contributed by atoms with Gasteiger partial charge in [0.15, 0.2) is 0 Å². The van der Waals surface area contributed by atoms with E-state index >= 15 is 0 Å². The van der Waals surface area contributed by atoms with Crippen LogP contribution in [0.5, 0.6) is 5.75 Å². The molecule has 0 saturated heterocycles. The summed E-state index contributed by atoms with van der Waals surface area (Å²) < 4.78 is 5.92. The van der Waals surface area contributed by atoms with Gasteiger partial charge in [0.05, 0.1) is 6.61 Å². The molecular formula is C16H23NO. The van der Waals surface area contributed by atoms with Gasteiger partial charge in [-0.2, -0.15) is 0 Å². The summed E-state index contributed by atoms with van der Waals surface area (Å²) in [4.78, 5) is 0. The zero-order valence-corrected chi connectivity index (χ0v) is 11.4. The minimum Gasteiger partial charge on any atom is -0.493 e. The van der Waals surface area contributed by atoms with Crippen LogP contribution in [0.25, 0.3) is 0 Å². The Bertz CT molecular complexity index is 425. The molecule has 0 aromatic heterocycles. The molecule has 2 aliphatic rings.